The van der Waals surface area contributed by atoms with Crippen LogP contribution in [0.5, 0.6) is 0 Å². The Kier molecular flexibility index (Phi) is 6.86. The van der Waals surface area contributed by atoms with Gasteiger partial charge in [-0.05, 0) is 36.4 Å². The smallest absolute Gasteiger partial charge is 0.309 e. The van der Waals surface area contributed by atoms with Crippen LogP contribution < -0.4 is 15.5 Å². The van der Waals surface area contributed by atoms with E-state index in [1.165, 1.54) is 12.3 Å². The van der Waals surface area contributed by atoms with Gasteiger partial charge in [0.05, 0.1) is 30.8 Å². The summed E-state index contributed by atoms with van der Waals surface area (Å²) >= 11 is 0. The summed E-state index contributed by atoms with van der Waals surface area (Å²) in [5.41, 5.74) is 0.586. The van der Waals surface area contributed by atoms with E-state index in [0.717, 1.165) is 0 Å². The Bertz CT molecular complexity index is 1010. The summed E-state index contributed by atoms with van der Waals surface area (Å²) in [6, 6.07) is 13.5. The van der Waals surface area contributed by atoms with Crippen molar-refractivity contribution in [2.24, 2.45) is 0 Å². The number of amides is 2. The number of hydrogen-bond donors (Lipinski definition) is 2. The third-order valence-corrected chi connectivity index (χ3v) is 5.49. The van der Waals surface area contributed by atoms with E-state index >= 15 is 0 Å². The maximum absolute atomic E-state index is 14.1. The second kappa shape index (κ2) is 10.1. The van der Waals surface area contributed by atoms with Gasteiger partial charge in [-0.15, -0.1) is 0 Å². The molecule has 0 radical (unpaired) electrons. The van der Waals surface area contributed by atoms with Gasteiger partial charge in [-0.1, -0.05) is 12.1 Å². The average molecular weight is 440 g/mol. The van der Waals surface area contributed by atoms with Gasteiger partial charge in [-0.25, -0.2) is 4.39 Å². The molecule has 9 heteroatoms. The van der Waals surface area contributed by atoms with Gasteiger partial charge in [-0.2, -0.15) is 0 Å². The Morgan fingerprint density at radius 2 is 1.62 bits per heavy atom. The lowest BCUT2D eigenvalue weighted by Crippen LogP contribution is -2.51. The molecule has 2 N–H and O–H groups in total. The minimum Gasteiger partial charge on any atom is -0.468 e. The number of carbonyl (C=O) groups is 2. The largest absolute Gasteiger partial charge is 0.468 e. The van der Waals surface area contributed by atoms with Crippen molar-refractivity contribution >= 4 is 17.5 Å². The van der Waals surface area contributed by atoms with Gasteiger partial charge in [0.15, 0.2) is 0 Å². The highest BCUT2D eigenvalue weighted by Crippen LogP contribution is 2.25. The summed E-state index contributed by atoms with van der Waals surface area (Å²) in [7, 11) is 0. The van der Waals surface area contributed by atoms with Gasteiger partial charge in [0.1, 0.15) is 17.3 Å². The summed E-state index contributed by atoms with van der Waals surface area (Å²) in [5.74, 6) is -0.439. The zero-order chi connectivity index (χ0) is 22.3. The fraction of sp³-hybridized carbons (Fsp3) is 0.304. The van der Waals surface area contributed by atoms with Crippen molar-refractivity contribution in [1.29, 1.82) is 0 Å². The van der Waals surface area contributed by atoms with Gasteiger partial charge in [-0.3, -0.25) is 14.5 Å². The SMILES string of the molecule is O=C(NCc1ccco1)C(=O)NCC(c1ccco1)N1CCN(c2ccccc2F)CC1. The maximum Gasteiger partial charge on any atom is 0.309 e. The zero-order valence-electron chi connectivity index (χ0n) is 17.5. The predicted octanol–water partition coefficient (Wildman–Crippen LogP) is 2.31. The number of anilines is 1. The normalized spacial score (nSPS) is 15.3. The van der Waals surface area contributed by atoms with Crippen molar-refractivity contribution in [3.05, 3.63) is 78.4 Å². The van der Waals surface area contributed by atoms with E-state index in [-0.39, 0.29) is 24.9 Å². The molecule has 3 aromatic rings. The van der Waals surface area contributed by atoms with Gasteiger partial charge in [0, 0.05) is 32.7 Å². The van der Waals surface area contributed by atoms with E-state index in [1.54, 1.807) is 36.6 Å². The molecule has 32 heavy (non-hydrogen) atoms. The van der Waals surface area contributed by atoms with Crippen LogP contribution in [-0.4, -0.2) is 49.4 Å². The minimum atomic E-state index is -0.732. The molecule has 1 aliphatic heterocycles. The van der Waals surface area contributed by atoms with Crippen LogP contribution in [-0.2, 0) is 16.1 Å². The summed E-state index contributed by atoms with van der Waals surface area (Å²) in [6.45, 7) is 2.92. The molecule has 3 heterocycles. The Balaban J connectivity index is 1.33. The van der Waals surface area contributed by atoms with Crippen LogP contribution in [0, 0.1) is 5.82 Å². The van der Waals surface area contributed by atoms with Crippen LogP contribution >= 0.6 is 0 Å². The molecule has 1 aliphatic rings. The van der Waals surface area contributed by atoms with Crippen molar-refractivity contribution < 1.29 is 22.8 Å². The van der Waals surface area contributed by atoms with Gasteiger partial charge in [0.25, 0.3) is 0 Å². The quantitative estimate of drug-likeness (QED) is 0.548. The van der Waals surface area contributed by atoms with Crippen molar-refractivity contribution in [3.63, 3.8) is 0 Å². The van der Waals surface area contributed by atoms with Crippen LogP contribution in [0.2, 0.25) is 0 Å². The number of para-hydroxylation sites is 1. The maximum atomic E-state index is 14.1. The topological polar surface area (TPSA) is 91.0 Å². The van der Waals surface area contributed by atoms with Crippen LogP contribution in [0.1, 0.15) is 17.6 Å². The highest BCUT2D eigenvalue weighted by atomic mass is 19.1. The standard InChI is InChI=1S/C23H25FN4O4/c24-18-6-1-2-7-19(18)27-9-11-28(12-10-27)20(21-8-4-14-32-21)16-26-23(30)22(29)25-15-17-5-3-13-31-17/h1-8,13-14,20H,9-12,15-16H2,(H,25,29)(H,26,30). The summed E-state index contributed by atoms with van der Waals surface area (Å²) < 4.78 is 24.9. The molecular weight excluding hydrogens is 415 g/mol. The molecule has 2 aromatic heterocycles. The molecule has 0 saturated carbocycles. The van der Waals surface area contributed by atoms with Gasteiger partial charge >= 0.3 is 11.8 Å². The summed E-state index contributed by atoms with van der Waals surface area (Å²) in [4.78, 5) is 28.6. The third-order valence-electron chi connectivity index (χ3n) is 5.49. The number of benzene rings is 1. The molecule has 1 fully saturated rings. The number of nitrogens with zero attached hydrogens (tertiary/aromatic N) is 2. The first-order chi connectivity index (χ1) is 15.6. The number of piperazine rings is 1. The number of carbonyl (C=O) groups excluding carboxylic acids is 2. The van der Waals surface area contributed by atoms with E-state index in [1.807, 2.05) is 17.0 Å². The number of furan rings is 2. The van der Waals surface area contributed by atoms with E-state index in [4.69, 9.17) is 8.83 Å². The van der Waals surface area contributed by atoms with E-state index in [9.17, 15) is 14.0 Å². The van der Waals surface area contributed by atoms with Crippen molar-refractivity contribution in [3.8, 4) is 0 Å². The molecule has 168 valence electrons. The minimum absolute atomic E-state index is 0.138. The van der Waals surface area contributed by atoms with Gasteiger partial charge < -0.3 is 24.4 Å². The van der Waals surface area contributed by atoms with E-state index in [0.29, 0.717) is 43.4 Å². The molecule has 0 aliphatic carbocycles. The first kappa shape index (κ1) is 21.6. The number of rotatable bonds is 7. The van der Waals surface area contributed by atoms with Crippen LogP contribution in [0.15, 0.2) is 69.9 Å². The number of halogens is 1. The molecular formula is C23H25FN4O4. The highest BCUT2D eigenvalue weighted by Gasteiger charge is 2.28. The summed E-state index contributed by atoms with van der Waals surface area (Å²) in [5, 5.41) is 5.22. The molecule has 1 unspecified atom stereocenters. The van der Waals surface area contributed by atoms with E-state index < -0.39 is 11.8 Å². The second-order valence-corrected chi connectivity index (χ2v) is 7.48. The Hall–Kier alpha value is -3.59. The number of hydrogen-bond acceptors (Lipinski definition) is 6. The Labute approximate surface area is 185 Å². The second-order valence-electron chi connectivity index (χ2n) is 7.48. The van der Waals surface area contributed by atoms with Crippen LogP contribution in [0.25, 0.3) is 0 Å². The lowest BCUT2D eigenvalue weighted by atomic mass is 10.1. The third kappa shape index (κ3) is 5.17. The molecule has 8 nitrogen and oxygen atoms in total. The van der Waals surface area contributed by atoms with Crippen LogP contribution in [0.3, 0.4) is 0 Å². The Morgan fingerprint density at radius 3 is 2.31 bits per heavy atom. The zero-order valence-corrected chi connectivity index (χ0v) is 17.5. The highest BCUT2D eigenvalue weighted by molar-refractivity contribution is 6.35. The lowest BCUT2D eigenvalue weighted by molar-refractivity contribution is -0.139. The Morgan fingerprint density at radius 1 is 0.906 bits per heavy atom. The molecule has 0 bridgehead atoms. The molecule has 1 saturated heterocycles. The fourth-order valence-electron chi connectivity index (χ4n) is 3.80. The van der Waals surface area contributed by atoms with Crippen molar-refractivity contribution in [2.75, 3.05) is 37.6 Å². The van der Waals surface area contributed by atoms with E-state index in [2.05, 4.69) is 15.5 Å². The van der Waals surface area contributed by atoms with Gasteiger partial charge in [0.2, 0.25) is 0 Å². The average Bonchev–Trinajstić information content (AvgIpc) is 3.53. The predicted molar refractivity (Wildman–Crippen MR) is 115 cm³/mol. The molecule has 1 aromatic carbocycles. The van der Waals surface area contributed by atoms with Crippen molar-refractivity contribution in [1.82, 2.24) is 15.5 Å². The summed E-state index contributed by atoms with van der Waals surface area (Å²) in [6.07, 6.45) is 3.08. The van der Waals surface area contributed by atoms with Crippen molar-refractivity contribution in [2.45, 2.75) is 12.6 Å². The molecule has 1 atom stereocenters. The molecule has 4 rings (SSSR count). The lowest BCUT2D eigenvalue weighted by Gasteiger charge is -2.39. The monoisotopic (exact) mass is 440 g/mol. The first-order valence-corrected chi connectivity index (χ1v) is 10.5. The fourth-order valence-corrected chi connectivity index (χ4v) is 3.80. The molecule has 2 amide bonds. The molecule has 0 spiro atoms. The first-order valence-electron chi connectivity index (χ1n) is 10.5. The van der Waals surface area contributed by atoms with Crippen LogP contribution in [0.4, 0.5) is 10.1 Å². The number of nitrogens with one attached hydrogen (secondary N) is 2.